The number of hydrogen-bond acceptors (Lipinski definition) is 5. The van der Waals surface area contributed by atoms with Crippen LogP contribution in [0, 0.1) is 0 Å². The van der Waals surface area contributed by atoms with E-state index in [1.807, 2.05) is 6.92 Å². The van der Waals surface area contributed by atoms with Crippen LogP contribution in [0.5, 0.6) is 11.5 Å². The van der Waals surface area contributed by atoms with E-state index in [1.54, 1.807) is 0 Å². The van der Waals surface area contributed by atoms with Gasteiger partial charge < -0.3 is 9.47 Å². The maximum atomic E-state index is 13.0. The van der Waals surface area contributed by atoms with Crippen LogP contribution in [-0.2, 0) is 0 Å². The first-order valence-electron chi connectivity index (χ1n) is 6.75. The number of hydrazone groups is 1. The highest BCUT2D eigenvalue weighted by molar-refractivity contribution is 8.14. The van der Waals surface area contributed by atoms with Crippen LogP contribution in [-0.4, -0.2) is 36.1 Å². The maximum Gasteiger partial charge on any atom is 0.427 e. The van der Waals surface area contributed by atoms with Gasteiger partial charge in [0, 0.05) is 5.56 Å². The molecular formula is C14H15F3N2O3S. The van der Waals surface area contributed by atoms with Crippen molar-refractivity contribution in [3.05, 3.63) is 23.8 Å². The lowest BCUT2D eigenvalue weighted by Gasteiger charge is -2.22. The van der Waals surface area contributed by atoms with E-state index >= 15 is 0 Å². The summed E-state index contributed by atoms with van der Waals surface area (Å²) in [6.07, 6.45) is -3.26. The number of nitrogens with zero attached hydrogens (tertiary/aromatic N) is 1. The highest BCUT2D eigenvalue weighted by atomic mass is 32.2. The van der Waals surface area contributed by atoms with Gasteiger partial charge in [0.1, 0.15) is 0 Å². The summed E-state index contributed by atoms with van der Waals surface area (Å²) < 4.78 is 47.7. The molecule has 0 radical (unpaired) electrons. The average molecular weight is 348 g/mol. The molecule has 0 saturated carbocycles. The molecule has 1 amide bonds. The number of alkyl halides is 3. The number of ether oxygens (including phenoxy) is 2. The number of hydrogen-bond donors (Lipinski definition) is 1. The number of carbonyl (C=O) groups excluding carboxylic acids is 1. The summed E-state index contributed by atoms with van der Waals surface area (Å²) in [5.74, 6) is -0.255. The first kappa shape index (κ1) is 17.5. The van der Waals surface area contributed by atoms with E-state index in [0.717, 1.165) is 11.8 Å². The number of benzene rings is 1. The molecule has 1 aliphatic heterocycles. The van der Waals surface area contributed by atoms with Gasteiger partial charge in [-0.3, -0.25) is 4.79 Å². The number of thioether (sulfide) groups is 1. The van der Waals surface area contributed by atoms with E-state index in [-0.39, 0.29) is 22.0 Å². The minimum atomic E-state index is -3.92. The molecule has 0 fully saturated rings. The SMILES string of the molecule is CCC1SC(=O)NN=C1c1ccc(OC(F)(F)CF)c(OC)c1. The van der Waals surface area contributed by atoms with Crippen molar-refractivity contribution < 1.29 is 27.4 Å². The Bertz CT molecular complexity index is 625. The highest BCUT2D eigenvalue weighted by Crippen LogP contribution is 2.34. The lowest BCUT2D eigenvalue weighted by atomic mass is 10.0. The van der Waals surface area contributed by atoms with Crippen LogP contribution in [0.4, 0.5) is 18.0 Å². The van der Waals surface area contributed by atoms with Crippen LogP contribution < -0.4 is 14.9 Å². The molecule has 5 nitrogen and oxygen atoms in total. The lowest BCUT2D eigenvalue weighted by molar-refractivity contribution is -0.187. The smallest absolute Gasteiger partial charge is 0.427 e. The van der Waals surface area contributed by atoms with Crippen LogP contribution >= 0.6 is 11.8 Å². The van der Waals surface area contributed by atoms with Crippen LogP contribution in [0.25, 0.3) is 0 Å². The van der Waals surface area contributed by atoms with E-state index in [1.165, 1.54) is 25.3 Å². The second-order valence-electron chi connectivity index (χ2n) is 4.65. The van der Waals surface area contributed by atoms with E-state index in [2.05, 4.69) is 15.3 Å². The number of nitrogens with one attached hydrogen (secondary N) is 1. The molecule has 0 bridgehead atoms. The zero-order valence-corrected chi connectivity index (χ0v) is 13.3. The molecule has 1 heterocycles. The van der Waals surface area contributed by atoms with Crippen molar-refractivity contribution in [2.45, 2.75) is 24.7 Å². The molecule has 1 aromatic rings. The summed E-state index contributed by atoms with van der Waals surface area (Å²) >= 11 is 1.10. The quantitative estimate of drug-likeness (QED) is 0.854. The minimum absolute atomic E-state index is 0.0232. The molecule has 23 heavy (non-hydrogen) atoms. The van der Waals surface area contributed by atoms with E-state index in [0.29, 0.717) is 17.7 Å². The molecule has 9 heteroatoms. The van der Waals surface area contributed by atoms with Crippen LogP contribution in [0.2, 0.25) is 0 Å². The monoisotopic (exact) mass is 348 g/mol. The van der Waals surface area contributed by atoms with E-state index < -0.39 is 12.8 Å². The van der Waals surface area contributed by atoms with Gasteiger partial charge in [-0.2, -0.15) is 13.9 Å². The van der Waals surface area contributed by atoms with Crippen LogP contribution in [0.15, 0.2) is 23.3 Å². The zero-order chi connectivity index (χ0) is 17.0. The Balaban J connectivity index is 2.33. The summed E-state index contributed by atoms with van der Waals surface area (Å²) in [6, 6.07) is 4.23. The largest absolute Gasteiger partial charge is 0.493 e. The number of methoxy groups -OCH3 is 1. The molecule has 1 N–H and O–H groups in total. The molecule has 0 aromatic heterocycles. The maximum absolute atomic E-state index is 13.0. The number of halogens is 3. The predicted molar refractivity (Wildman–Crippen MR) is 81.3 cm³/mol. The Labute approximate surface area is 135 Å². The van der Waals surface area contributed by atoms with Crippen LogP contribution in [0.1, 0.15) is 18.9 Å². The minimum Gasteiger partial charge on any atom is -0.493 e. The molecule has 1 aromatic carbocycles. The third-order valence-electron chi connectivity index (χ3n) is 3.07. The van der Waals surface area contributed by atoms with Gasteiger partial charge in [0.15, 0.2) is 18.2 Å². The van der Waals surface area contributed by atoms with Gasteiger partial charge >= 0.3 is 6.11 Å². The van der Waals surface area contributed by atoms with Crippen molar-refractivity contribution in [2.75, 3.05) is 13.8 Å². The van der Waals surface area contributed by atoms with Crippen LogP contribution in [0.3, 0.4) is 0 Å². The highest BCUT2D eigenvalue weighted by Gasteiger charge is 2.33. The second-order valence-corrected chi connectivity index (χ2v) is 5.83. The van der Waals surface area contributed by atoms with E-state index in [4.69, 9.17) is 4.74 Å². The fraction of sp³-hybridized carbons (Fsp3) is 0.429. The Hall–Kier alpha value is -1.90. The second kappa shape index (κ2) is 7.12. The van der Waals surface area contributed by atoms with Gasteiger partial charge in [-0.05, 0) is 24.6 Å². The number of carbonyl (C=O) groups is 1. The molecule has 1 aliphatic rings. The molecule has 1 atom stereocenters. The van der Waals surface area contributed by atoms with Crippen molar-refractivity contribution in [1.29, 1.82) is 0 Å². The van der Waals surface area contributed by atoms with Gasteiger partial charge in [0.25, 0.3) is 5.24 Å². The van der Waals surface area contributed by atoms with E-state index in [9.17, 15) is 18.0 Å². The summed E-state index contributed by atoms with van der Waals surface area (Å²) in [7, 11) is 1.29. The molecule has 0 aliphatic carbocycles. The first-order chi connectivity index (χ1) is 10.9. The third-order valence-corrected chi connectivity index (χ3v) is 4.21. The van der Waals surface area contributed by atoms with Gasteiger partial charge in [-0.25, -0.2) is 9.82 Å². The zero-order valence-electron chi connectivity index (χ0n) is 12.4. The van der Waals surface area contributed by atoms with Crippen molar-refractivity contribution in [3.63, 3.8) is 0 Å². The summed E-state index contributed by atoms with van der Waals surface area (Å²) in [6.45, 7) is -0.0342. The van der Waals surface area contributed by atoms with Crippen molar-refractivity contribution in [2.24, 2.45) is 5.10 Å². The predicted octanol–water partition coefficient (Wildman–Crippen LogP) is 3.58. The topological polar surface area (TPSA) is 59.9 Å². The number of rotatable bonds is 6. The standard InChI is InChI=1S/C14H15F3N2O3S/c1-3-11-12(18-19-13(20)23-11)8-4-5-9(10(6-8)21-2)22-14(16,17)7-15/h4-6,11H,3,7H2,1-2H3,(H,19,20). The van der Waals surface area contributed by atoms with Gasteiger partial charge in [-0.15, -0.1) is 0 Å². The van der Waals surface area contributed by atoms with Crippen molar-refractivity contribution >= 4 is 22.7 Å². The molecule has 0 saturated heterocycles. The molecule has 0 spiro atoms. The first-order valence-corrected chi connectivity index (χ1v) is 7.63. The fourth-order valence-corrected chi connectivity index (χ4v) is 2.84. The third kappa shape index (κ3) is 4.10. The fourth-order valence-electron chi connectivity index (χ4n) is 2.02. The molecule has 126 valence electrons. The molecule has 1 unspecified atom stereocenters. The van der Waals surface area contributed by atoms with Crippen molar-refractivity contribution in [1.82, 2.24) is 5.43 Å². The Morgan fingerprint density at radius 1 is 1.39 bits per heavy atom. The Morgan fingerprint density at radius 3 is 2.74 bits per heavy atom. The van der Waals surface area contributed by atoms with Crippen molar-refractivity contribution in [3.8, 4) is 11.5 Å². The summed E-state index contributed by atoms with van der Waals surface area (Å²) in [5.41, 5.74) is 3.56. The number of amides is 1. The normalized spacial score (nSPS) is 18.2. The average Bonchev–Trinajstić information content (AvgIpc) is 2.55. The summed E-state index contributed by atoms with van der Waals surface area (Å²) in [4.78, 5) is 11.4. The molecular weight excluding hydrogens is 333 g/mol. The Morgan fingerprint density at radius 2 is 2.13 bits per heavy atom. The van der Waals surface area contributed by atoms with Gasteiger partial charge in [0.05, 0.1) is 18.1 Å². The molecule has 2 rings (SSSR count). The Kier molecular flexibility index (Phi) is 5.40. The van der Waals surface area contributed by atoms with Gasteiger partial charge in [-0.1, -0.05) is 18.7 Å². The lowest BCUT2D eigenvalue weighted by Crippen LogP contribution is -2.31. The summed E-state index contributed by atoms with van der Waals surface area (Å²) in [5, 5.41) is 3.61. The van der Waals surface area contributed by atoms with Gasteiger partial charge in [0.2, 0.25) is 0 Å².